The molecule has 1 aromatic rings. The second kappa shape index (κ2) is 6.91. The van der Waals surface area contributed by atoms with Crippen molar-refractivity contribution in [2.45, 2.75) is 56.3 Å². The zero-order valence-corrected chi connectivity index (χ0v) is 12.9. The maximum atomic E-state index is 10.5. The van der Waals surface area contributed by atoms with Gasteiger partial charge in [0.1, 0.15) is 0 Å². The number of piperidine rings is 1. The van der Waals surface area contributed by atoms with E-state index in [1.807, 2.05) is 0 Å². The van der Waals surface area contributed by atoms with E-state index in [9.17, 15) is 5.11 Å². The van der Waals surface area contributed by atoms with Gasteiger partial charge in [0.15, 0.2) is 0 Å². The number of methoxy groups -OCH3 is 1. The van der Waals surface area contributed by atoms with Crippen molar-refractivity contribution in [2.75, 3.05) is 20.2 Å². The summed E-state index contributed by atoms with van der Waals surface area (Å²) in [6, 6.07) is 11.1. The van der Waals surface area contributed by atoms with Crippen molar-refractivity contribution in [3.05, 3.63) is 35.9 Å². The van der Waals surface area contributed by atoms with Gasteiger partial charge in [-0.25, -0.2) is 0 Å². The Morgan fingerprint density at radius 1 is 1.05 bits per heavy atom. The van der Waals surface area contributed by atoms with Crippen LogP contribution in [0.15, 0.2) is 30.3 Å². The molecule has 1 aliphatic heterocycles. The Balaban J connectivity index is 1.58. The van der Waals surface area contributed by atoms with Gasteiger partial charge in [-0.05, 0) is 56.7 Å². The predicted molar refractivity (Wildman–Crippen MR) is 84.4 cm³/mol. The molecule has 1 heterocycles. The second-order valence-electron chi connectivity index (χ2n) is 6.48. The molecule has 1 N–H and O–H groups in total. The van der Waals surface area contributed by atoms with E-state index in [2.05, 4.69) is 35.2 Å². The van der Waals surface area contributed by atoms with Gasteiger partial charge < -0.3 is 9.84 Å². The monoisotopic (exact) mass is 289 g/mol. The first-order valence-corrected chi connectivity index (χ1v) is 8.29. The summed E-state index contributed by atoms with van der Waals surface area (Å²) in [6.45, 7) is 2.19. The molecule has 3 atom stereocenters. The summed E-state index contributed by atoms with van der Waals surface area (Å²) in [7, 11) is 1.72. The smallest absolute Gasteiger partial charge is 0.0956 e. The fourth-order valence-corrected chi connectivity index (χ4v) is 4.06. The summed E-state index contributed by atoms with van der Waals surface area (Å²) in [5, 5.41) is 10.5. The number of hydrogen-bond donors (Lipinski definition) is 1. The molecule has 2 aliphatic rings. The molecule has 1 aromatic carbocycles. The van der Waals surface area contributed by atoms with Crippen LogP contribution in [0.2, 0.25) is 0 Å². The molecule has 0 spiro atoms. The van der Waals surface area contributed by atoms with Crippen molar-refractivity contribution < 1.29 is 9.84 Å². The van der Waals surface area contributed by atoms with Crippen molar-refractivity contribution in [3.8, 4) is 0 Å². The van der Waals surface area contributed by atoms with Crippen molar-refractivity contribution in [2.24, 2.45) is 0 Å². The standard InChI is InChI=1S/C18H27NO2/c1-21-17-9-5-8-16(18(17)20)19-12-10-15(11-13-19)14-6-3-2-4-7-14/h2-4,6-7,15-18,20H,5,8-13H2,1H3/t16-,17+,18+/m1/s1. The Kier molecular flexibility index (Phi) is 4.94. The Labute approximate surface area is 127 Å². The Bertz CT molecular complexity index is 428. The highest BCUT2D eigenvalue weighted by Crippen LogP contribution is 2.32. The molecule has 1 aliphatic carbocycles. The van der Waals surface area contributed by atoms with Crippen molar-refractivity contribution in [1.82, 2.24) is 4.90 Å². The highest BCUT2D eigenvalue weighted by Gasteiger charge is 2.36. The first-order chi connectivity index (χ1) is 10.3. The zero-order chi connectivity index (χ0) is 14.7. The number of hydrogen-bond acceptors (Lipinski definition) is 3. The van der Waals surface area contributed by atoms with Crippen LogP contribution in [0.4, 0.5) is 0 Å². The van der Waals surface area contributed by atoms with Crippen LogP contribution in [0, 0.1) is 0 Å². The van der Waals surface area contributed by atoms with Crippen molar-refractivity contribution >= 4 is 0 Å². The van der Waals surface area contributed by atoms with Crippen LogP contribution in [-0.4, -0.2) is 48.5 Å². The largest absolute Gasteiger partial charge is 0.389 e. The van der Waals surface area contributed by atoms with E-state index >= 15 is 0 Å². The first kappa shape index (κ1) is 15.0. The van der Waals surface area contributed by atoms with Crippen LogP contribution < -0.4 is 0 Å². The Morgan fingerprint density at radius 3 is 2.43 bits per heavy atom. The van der Waals surface area contributed by atoms with E-state index in [1.54, 1.807) is 7.11 Å². The highest BCUT2D eigenvalue weighted by atomic mass is 16.5. The third-order valence-corrected chi connectivity index (χ3v) is 5.34. The Hall–Kier alpha value is -0.900. The molecule has 0 unspecified atom stereocenters. The number of benzene rings is 1. The number of aliphatic hydroxyl groups is 1. The number of likely N-dealkylation sites (tertiary alicyclic amines) is 1. The van der Waals surface area contributed by atoms with E-state index in [0.717, 1.165) is 25.9 Å². The zero-order valence-electron chi connectivity index (χ0n) is 12.9. The molecule has 0 amide bonds. The molecule has 3 heteroatoms. The topological polar surface area (TPSA) is 32.7 Å². The summed E-state index contributed by atoms with van der Waals surface area (Å²) < 4.78 is 5.44. The van der Waals surface area contributed by atoms with E-state index < -0.39 is 0 Å². The molecule has 116 valence electrons. The minimum absolute atomic E-state index is 0.0237. The van der Waals surface area contributed by atoms with Crippen molar-refractivity contribution in [3.63, 3.8) is 0 Å². The SMILES string of the molecule is CO[C@H]1CCC[C@@H](N2CCC(c3ccccc3)CC2)[C@@H]1O. The van der Waals surface area contributed by atoms with Gasteiger partial charge in [-0.15, -0.1) is 0 Å². The first-order valence-electron chi connectivity index (χ1n) is 8.29. The van der Waals surface area contributed by atoms with Crippen molar-refractivity contribution in [1.29, 1.82) is 0 Å². The lowest BCUT2D eigenvalue weighted by molar-refractivity contribution is -0.0852. The fourth-order valence-electron chi connectivity index (χ4n) is 4.06. The molecule has 21 heavy (non-hydrogen) atoms. The van der Waals surface area contributed by atoms with Gasteiger partial charge in [0.05, 0.1) is 12.2 Å². The maximum Gasteiger partial charge on any atom is 0.0956 e. The molecule has 3 nitrogen and oxygen atoms in total. The fraction of sp³-hybridized carbons (Fsp3) is 0.667. The highest BCUT2D eigenvalue weighted by molar-refractivity contribution is 5.20. The summed E-state index contributed by atoms with van der Waals surface area (Å²) in [5.74, 6) is 0.682. The molecule has 0 aromatic heterocycles. The van der Waals surface area contributed by atoms with Crippen LogP contribution in [0.3, 0.4) is 0 Å². The summed E-state index contributed by atoms with van der Waals surface area (Å²) >= 11 is 0. The summed E-state index contributed by atoms with van der Waals surface area (Å²) in [4.78, 5) is 2.50. The quantitative estimate of drug-likeness (QED) is 0.929. The van der Waals surface area contributed by atoms with E-state index in [1.165, 1.54) is 24.8 Å². The van der Waals surface area contributed by atoms with Gasteiger partial charge in [-0.1, -0.05) is 30.3 Å². The lowest BCUT2D eigenvalue weighted by atomic mass is 9.85. The van der Waals surface area contributed by atoms with Crippen LogP contribution in [0.25, 0.3) is 0 Å². The van der Waals surface area contributed by atoms with E-state index in [4.69, 9.17) is 4.74 Å². The maximum absolute atomic E-state index is 10.5. The average molecular weight is 289 g/mol. The normalized spacial score (nSPS) is 32.2. The van der Waals surface area contributed by atoms with Gasteiger partial charge in [-0.2, -0.15) is 0 Å². The van der Waals surface area contributed by atoms with Gasteiger partial charge >= 0.3 is 0 Å². The van der Waals surface area contributed by atoms with Crippen LogP contribution >= 0.6 is 0 Å². The van der Waals surface area contributed by atoms with Gasteiger partial charge in [0.25, 0.3) is 0 Å². The number of aliphatic hydroxyl groups excluding tert-OH is 1. The summed E-state index contributed by atoms with van der Waals surface area (Å²) in [5.41, 5.74) is 1.47. The third kappa shape index (κ3) is 3.31. The molecular weight excluding hydrogens is 262 g/mol. The third-order valence-electron chi connectivity index (χ3n) is 5.34. The molecule has 1 saturated heterocycles. The molecule has 2 fully saturated rings. The van der Waals surface area contributed by atoms with Crippen LogP contribution in [0.1, 0.15) is 43.6 Å². The van der Waals surface area contributed by atoms with Crippen LogP contribution in [-0.2, 0) is 4.74 Å². The van der Waals surface area contributed by atoms with Gasteiger partial charge in [-0.3, -0.25) is 4.90 Å². The molecule has 1 saturated carbocycles. The second-order valence-corrected chi connectivity index (χ2v) is 6.48. The Morgan fingerprint density at radius 2 is 1.76 bits per heavy atom. The molecular formula is C18H27NO2. The molecule has 3 rings (SSSR count). The lowest BCUT2D eigenvalue weighted by Crippen LogP contribution is -2.53. The molecule has 0 bridgehead atoms. The van der Waals surface area contributed by atoms with E-state index in [0.29, 0.717) is 12.0 Å². The number of ether oxygens (including phenoxy) is 1. The minimum atomic E-state index is -0.322. The van der Waals surface area contributed by atoms with E-state index in [-0.39, 0.29) is 12.2 Å². The lowest BCUT2D eigenvalue weighted by Gasteiger charge is -2.43. The minimum Gasteiger partial charge on any atom is -0.389 e. The van der Waals surface area contributed by atoms with Gasteiger partial charge in [0.2, 0.25) is 0 Å². The average Bonchev–Trinajstić information content (AvgIpc) is 2.56. The predicted octanol–water partition coefficient (Wildman–Crippen LogP) is 2.79. The van der Waals surface area contributed by atoms with Crippen LogP contribution in [0.5, 0.6) is 0 Å². The number of rotatable bonds is 3. The van der Waals surface area contributed by atoms with Gasteiger partial charge in [0, 0.05) is 13.2 Å². The molecule has 0 radical (unpaired) electrons. The number of nitrogens with zero attached hydrogens (tertiary/aromatic N) is 1. The summed E-state index contributed by atoms with van der Waals surface area (Å²) in [6.07, 6.45) is 5.37.